The maximum absolute atomic E-state index is 10.8. The molecule has 4 nitrogen and oxygen atoms in total. The van der Waals surface area contributed by atoms with Crippen molar-refractivity contribution < 1.29 is 9.66 Å². The number of benzene rings is 1. The Hall–Kier alpha value is -1.23. The first kappa shape index (κ1) is 13.8. The fraction of sp³-hybridized carbons (Fsp3) is 0.500. The van der Waals surface area contributed by atoms with Crippen molar-refractivity contribution in [3.05, 3.63) is 33.9 Å². The Morgan fingerprint density at radius 2 is 2.12 bits per heavy atom. The highest BCUT2D eigenvalue weighted by Crippen LogP contribution is 2.29. The van der Waals surface area contributed by atoms with E-state index in [1.807, 2.05) is 20.8 Å². The molecular weight excluding hydrogens is 238 g/mol. The first-order valence-corrected chi connectivity index (χ1v) is 5.98. The van der Waals surface area contributed by atoms with Crippen molar-refractivity contribution in [2.75, 3.05) is 12.4 Å². The molecule has 1 aromatic carbocycles. The van der Waals surface area contributed by atoms with Gasteiger partial charge in [-0.25, -0.2) is 0 Å². The predicted molar refractivity (Wildman–Crippen MR) is 71.0 cm³/mol. The number of nitro groups is 1. The quantitative estimate of drug-likeness (QED) is 0.499. The Morgan fingerprint density at radius 3 is 2.65 bits per heavy atom. The van der Waals surface area contributed by atoms with Gasteiger partial charge in [0, 0.05) is 11.5 Å². The van der Waals surface area contributed by atoms with Gasteiger partial charge in [-0.3, -0.25) is 10.1 Å². The Labute approximate surface area is 107 Å². The number of thiol groups is 1. The summed E-state index contributed by atoms with van der Waals surface area (Å²) in [5.74, 6) is 0.983. The summed E-state index contributed by atoms with van der Waals surface area (Å²) in [6, 6.07) is 4.86. The number of nitro benzene ring substituents is 1. The Balaban J connectivity index is 2.89. The van der Waals surface area contributed by atoms with Gasteiger partial charge in [0.15, 0.2) is 5.75 Å². The Kier molecular flexibility index (Phi) is 4.40. The van der Waals surface area contributed by atoms with Gasteiger partial charge in [-0.2, -0.15) is 12.6 Å². The highest BCUT2D eigenvalue weighted by molar-refractivity contribution is 7.80. The lowest BCUT2D eigenvalue weighted by Crippen LogP contribution is -2.23. The van der Waals surface area contributed by atoms with Gasteiger partial charge in [0.2, 0.25) is 0 Å². The number of nitrogens with zero attached hydrogens (tertiary/aromatic N) is 1. The number of aryl methyl sites for hydroxylation is 1. The summed E-state index contributed by atoms with van der Waals surface area (Å²) in [7, 11) is 0. The van der Waals surface area contributed by atoms with Crippen LogP contribution in [0.25, 0.3) is 0 Å². The van der Waals surface area contributed by atoms with Gasteiger partial charge >= 0.3 is 5.69 Å². The van der Waals surface area contributed by atoms with E-state index in [-0.39, 0.29) is 11.1 Å². The second-order valence-electron chi connectivity index (χ2n) is 4.84. The van der Waals surface area contributed by atoms with E-state index < -0.39 is 4.92 Å². The topological polar surface area (TPSA) is 52.4 Å². The zero-order valence-electron chi connectivity index (χ0n) is 10.3. The Morgan fingerprint density at radius 1 is 1.47 bits per heavy atom. The molecule has 0 amide bonds. The summed E-state index contributed by atoms with van der Waals surface area (Å²) in [6.07, 6.45) is 0. The van der Waals surface area contributed by atoms with Crippen LogP contribution in [-0.2, 0) is 0 Å². The highest BCUT2D eigenvalue weighted by atomic mass is 32.1. The van der Waals surface area contributed by atoms with Crippen LogP contribution in [0.3, 0.4) is 0 Å². The van der Waals surface area contributed by atoms with Gasteiger partial charge in [0.05, 0.1) is 11.5 Å². The van der Waals surface area contributed by atoms with E-state index in [0.717, 1.165) is 5.56 Å². The van der Waals surface area contributed by atoms with Crippen LogP contribution in [0, 0.1) is 22.5 Å². The first-order chi connectivity index (χ1) is 7.85. The van der Waals surface area contributed by atoms with Gasteiger partial charge in [-0.15, -0.1) is 0 Å². The first-order valence-electron chi connectivity index (χ1n) is 5.34. The summed E-state index contributed by atoms with van der Waals surface area (Å²) < 4.78 is 5.54. The molecule has 1 aromatic rings. The third-order valence-corrected chi connectivity index (χ3v) is 3.21. The smallest absolute Gasteiger partial charge is 0.310 e. The van der Waals surface area contributed by atoms with Crippen molar-refractivity contribution in [3.8, 4) is 5.75 Å². The second kappa shape index (κ2) is 5.40. The molecule has 0 aliphatic heterocycles. The zero-order chi connectivity index (χ0) is 13.1. The van der Waals surface area contributed by atoms with Crippen LogP contribution < -0.4 is 4.74 Å². The number of ether oxygens (including phenoxy) is 1. The highest BCUT2D eigenvalue weighted by Gasteiger charge is 2.20. The average molecular weight is 255 g/mol. The monoisotopic (exact) mass is 255 g/mol. The summed E-state index contributed by atoms with van der Waals surface area (Å²) >= 11 is 4.22. The normalized spacial score (nSPS) is 11.3. The van der Waals surface area contributed by atoms with Crippen LogP contribution >= 0.6 is 12.6 Å². The summed E-state index contributed by atoms with van der Waals surface area (Å²) in [5.41, 5.74) is 0.834. The summed E-state index contributed by atoms with van der Waals surface area (Å²) in [6.45, 7) is 6.28. The van der Waals surface area contributed by atoms with Crippen molar-refractivity contribution >= 4 is 18.3 Å². The molecule has 5 heteroatoms. The van der Waals surface area contributed by atoms with E-state index in [9.17, 15) is 10.1 Å². The molecule has 0 radical (unpaired) electrons. The lowest BCUT2D eigenvalue weighted by Gasteiger charge is -2.22. The molecule has 0 fully saturated rings. The molecule has 0 aliphatic carbocycles. The minimum Gasteiger partial charge on any atom is -0.486 e. The lowest BCUT2D eigenvalue weighted by molar-refractivity contribution is -0.386. The van der Waals surface area contributed by atoms with E-state index in [4.69, 9.17) is 4.74 Å². The van der Waals surface area contributed by atoms with Crippen LogP contribution in [0.1, 0.15) is 19.4 Å². The van der Waals surface area contributed by atoms with E-state index in [1.54, 1.807) is 12.1 Å². The van der Waals surface area contributed by atoms with Gasteiger partial charge in [0.1, 0.15) is 0 Å². The van der Waals surface area contributed by atoms with Crippen molar-refractivity contribution in [1.82, 2.24) is 0 Å². The SMILES string of the molecule is Cc1ccc([N+](=O)[O-])c(OCC(C)(C)CS)c1. The largest absolute Gasteiger partial charge is 0.486 e. The van der Waals surface area contributed by atoms with Crippen LogP contribution in [0.2, 0.25) is 0 Å². The van der Waals surface area contributed by atoms with Crippen LogP contribution in [-0.4, -0.2) is 17.3 Å². The molecular formula is C12H17NO3S. The molecule has 0 heterocycles. The number of hydrogen-bond acceptors (Lipinski definition) is 4. The van der Waals surface area contributed by atoms with E-state index in [0.29, 0.717) is 18.1 Å². The minimum absolute atomic E-state index is 0.00515. The van der Waals surface area contributed by atoms with Crippen LogP contribution in [0.4, 0.5) is 5.69 Å². The zero-order valence-corrected chi connectivity index (χ0v) is 11.2. The third-order valence-electron chi connectivity index (χ3n) is 2.36. The number of rotatable bonds is 5. The fourth-order valence-corrected chi connectivity index (χ4v) is 1.30. The molecule has 0 unspecified atom stereocenters. The third kappa shape index (κ3) is 3.93. The van der Waals surface area contributed by atoms with Crippen molar-refractivity contribution in [1.29, 1.82) is 0 Å². The molecule has 0 spiro atoms. The molecule has 0 saturated heterocycles. The van der Waals surface area contributed by atoms with Gasteiger partial charge in [-0.05, 0) is 24.3 Å². The maximum atomic E-state index is 10.8. The molecule has 1 rings (SSSR count). The predicted octanol–water partition coefficient (Wildman–Crippen LogP) is 3.24. The molecule has 94 valence electrons. The Bertz CT molecular complexity index is 418. The van der Waals surface area contributed by atoms with E-state index in [1.165, 1.54) is 6.07 Å². The summed E-state index contributed by atoms with van der Waals surface area (Å²) in [5, 5.41) is 10.8. The van der Waals surface area contributed by atoms with Crippen molar-refractivity contribution in [3.63, 3.8) is 0 Å². The van der Waals surface area contributed by atoms with E-state index >= 15 is 0 Å². The van der Waals surface area contributed by atoms with Gasteiger partial charge in [-0.1, -0.05) is 19.9 Å². The molecule has 0 saturated carbocycles. The van der Waals surface area contributed by atoms with Gasteiger partial charge < -0.3 is 4.74 Å². The van der Waals surface area contributed by atoms with Crippen molar-refractivity contribution in [2.45, 2.75) is 20.8 Å². The van der Waals surface area contributed by atoms with E-state index in [2.05, 4.69) is 12.6 Å². The lowest BCUT2D eigenvalue weighted by atomic mass is 9.98. The molecule has 0 N–H and O–H groups in total. The molecule has 0 aromatic heterocycles. The van der Waals surface area contributed by atoms with Crippen molar-refractivity contribution in [2.24, 2.45) is 5.41 Å². The second-order valence-corrected chi connectivity index (χ2v) is 5.16. The standard InChI is InChI=1S/C12H17NO3S/c1-9-4-5-10(13(14)15)11(6-9)16-7-12(2,3)8-17/h4-6,17H,7-8H2,1-3H3. The molecule has 0 atom stereocenters. The number of hydrogen-bond donors (Lipinski definition) is 1. The van der Waals surface area contributed by atoms with Crippen LogP contribution in [0.15, 0.2) is 18.2 Å². The van der Waals surface area contributed by atoms with Crippen LogP contribution in [0.5, 0.6) is 5.75 Å². The molecule has 0 aliphatic rings. The maximum Gasteiger partial charge on any atom is 0.310 e. The summed E-state index contributed by atoms with van der Waals surface area (Å²) in [4.78, 5) is 10.4. The fourth-order valence-electron chi connectivity index (χ4n) is 1.21. The minimum atomic E-state index is -0.428. The average Bonchev–Trinajstić information content (AvgIpc) is 2.26. The molecule has 17 heavy (non-hydrogen) atoms. The van der Waals surface area contributed by atoms with Gasteiger partial charge in [0.25, 0.3) is 0 Å². The molecule has 0 bridgehead atoms.